The van der Waals surface area contributed by atoms with Crippen molar-refractivity contribution in [1.82, 2.24) is 14.7 Å². The van der Waals surface area contributed by atoms with Crippen LogP contribution in [0.25, 0.3) is 5.65 Å². The van der Waals surface area contributed by atoms with Crippen molar-refractivity contribution < 1.29 is 15.0 Å². The molecule has 0 saturated carbocycles. The van der Waals surface area contributed by atoms with E-state index in [1.165, 1.54) is 13.1 Å². The van der Waals surface area contributed by atoms with Crippen molar-refractivity contribution in [3.63, 3.8) is 0 Å². The minimum atomic E-state index is -0.769. The zero-order valence-corrected chi connectivity index (χ0v) is 10.2. The molecule has 0 spiro atoms. The Balaban J connectivity index is 2.49. The van der Waals surface area contributed by atoms with Crippen LogP contribution in [0.1, 0.15) is 17.3 Å². The van der Waals surface area contributed by atoms with Crippen molar-refractivity contribution in [2.45, 2.75) is 13.0 Å². The van der Waals surface area contributed by atoms with E-state index in [2.05, 4.69) is 10.3 Å². The molecule has 1 atom stereocenters. The van der Waals surface area contributed by atoms with Crippen LogP contribution in [-0.2, 0) is 0 Å². The first kappa shape index (κ1) is 13.0. The highest BCUT2D eigenvalue weighted by molar-refractivity contribution is 5.96. The summed E-state index contributed by atoms with van der Waals surface area (Å²) in [4.78, 5) is 27.7. The molecule has 0 fully saturated rings. The van der Waals surface area contributed by atoms with Gasteiger partial charge in [-0.05, 0) is 19.1 Å². The van der Waals surface area contributed by atoms with E-state index in [0.717, 1.165) is 4.40 Å². The van der Waals surface area contributed by atoms with E-state index in [4.69, 9.17) is 5.11 Å². The van der Waals surface area contributed by atoms with Gasteiger partial charge in [-0.3, -0.25) is 14.0 Å². The molecule has 0 radical (unpaired) electrons. The molecule has 1 unspecified atom stereocenters. The second kappa shape index (κ2) is 5.07. The third-order valence-electron chi connectivity index (χ3n) is 2.50. The molecule has 0 aliphatic heterocycles. The predicted molar refractivity (Wildman–Crippen MR) is 67.1 cm³/mol. The molecule has 2 rings (SSSR count). The summed E-state index contributed by atoms with van der Waals surface area (Å²) in [6.07, 6.45) is 0.706. The molecule has 2 heterocycles. The number of carbonyl (C=O) groups is 1. The van der Waals surface area contributed by atoms with Gasteiger partial charge in [0, 0.05) is 12.7 Å². The molecule has 0 aliphatic rings. The summed E-state index contributed by atoms with van der Waals surface area (Å²) in [6, 6.07) is 4.82. The van der Waals surface area contributed by atoms with Crippen LogP contribution >= 0.6 is 0 Å². The van der Waals surface area contributed by atoms with E-state index in [1.807, 2.05) is 0 Å². The topological polar surface area (TPSA) is 104 Å². The van der Waals surface area contributed by atoms with Gasteiger partial charge in [0.2, 0.25) is 5.88 Å². The van der Waals surface area contributed by atoms with Gasteiger partial charge in [-0.25, -0.2) is 0 Å². The Kier molecular flexibility index (Phi) is 3.48. The number of hydrogen-bond acceptors (Lipinski definition) is 5. The molecule has 3 N–H and O–H groups in total. The maximum atomic E-state index is 12.1. The largest absolute Gasteiger partial charge is 0.493 e. The number of aliphatic hydroxyl groups excluding tert-OH is 1. The third kappa shape index (κ3) is 2.55. The van der Waals surface area contributed by atoms with E-state index in [1.54, 1.807) is 18.2 Å². The molecule has 7 heteroatoms. The van der Waals surface area contributed by atoms with Gasteiger partial charge in [-0.1, -0.05) is 6.07 Å². The van der Waals surface area contributed by atoms with Crippen molar-refractivity contribution >= 4 is 11.6 Å². The fourth-order valence-corrected chi connectivity index (χ4v) is 1.60. The van der Waals surface area contributed by atoms with Gasteiger partial charge in [-0.2, -0.15) is 4.98 Å². The van der Waals surface area contributed by atoms with Crippen molar-refractivity contribution in [1.29, 1.82) is 0 Å². The van der Waals surface area contributed by atoms with Crippen LogP contribution in [0, 0.1) is 0 Å². The van der Waals surface area contributed by atoms with Gasteiger partial charge >= 0.3 is 0 Å². The molecule has 1 amide bonds. The first-order chi connectivity index (χ1) is 9.00. The average molecular weight is 263 g/mol. The van der Waals surface area contributed by atoms with Gasteiger partial charge in [0.1, 0.15) is 5.65 Å². The lowest BCUT2D eigenvalue weighted by Gasteiger charge is -2.08. The van der Waals surface area contributed by atoms with Gasteiger partial charge in [0.25, 0.3) is 11.5 Å². The maximum absolute atomic E-state index is 12.1. The molecule has 7 nitrogen and oxygen atoms in total. The molecule has 0 saturated heterocycles. The number of amides is 1. The Labute approximate surface area is 108 Å². The molecule has 0 bridgehead atoms. The van der Waals surface area contributed by atoms with Crippen LogP contribution in [-0.4, -0.2) is 38.2 Å². The normalized spacial score (nSPS) is 12.3. The number of rotatable bonds is 3. The van der Waals surface area contributed by atoms with Crippen molar-refractivity contribution in [2.75, 3.05) is 6.54 Å². The Hall–Kier alpha value is -2.41. The number of pyridine rings is 1. The average Bonchev–Trinajstić information content (AvgIpc) is 2.36. The van der Waals surface area contributed by atoms with Crippen molar-refractivity contribution in [3.8, 4) is 5.88 Å². The molecule has 19 heavy (non-hydrogen) atoms. The monoisotopic (exact) mass is 263 g/mol. The summed E-state index contributed by atoms with van der Waals surface area (Å²) in [5.74, 6) is -1.39. The zero-order valence-electron chi connectivity index (χ0n) is 10.2. The SMILES string of the molecule is CC(O)CNC(=O)c1c(O)nc2ccccn2c1=O. The van der Waals surface area contributed by atoms with E-state index in [-0.39, 0.29) is 12.2 Å². The van der Waals surface area contributed by atoms with Gasteiger partial charge in [-0.15, -0.1) is 0 Å². The Bertz CT molecular complexity index is 678. The quantitative estimate of drug-likeness (QED) is 0.693. The first-order valence-electron chi connectivity index (χ1n) is 5.67. The summed E-state index contributed by atoms with van der Waals surface area (Å²) >= 11 is 0. The van der Waals surface area contributed by atoms with Crippen LogP contribution in [0.15, 0.2) is 29.2 Å². The van der Waals surface area contributed by atoms with E-state index in [9.17, 15) is 14.7 Å². The van der Waals surface area contributed by atoms with Crippen LogP contribution in [0.2, 0.25) is 0 Å². The standard InChI is InChI=1S/C12H13N3O4/c1-7(16)6-13-10(17)9-11(18)14-8-4-2-3-5-15(8)12(9)19/h2-5,7,16,18H,6H2,1H3,(H,13,17). The van der Waals surface area contributed by atoms with Crippen molar-refractivity contribution in [3.05, 3.63) is 40.3 Å². The molecular weight excluding hydrogens is 250 g/mol. The number of nitrogens with zero attached hydrogens (tertiary/aromatic N) is 2. The highest BCUT2D eigenvalue weighted by Crippen LogP contribution is 2.10. The molecule has 2 aromatic rings. The fraction of sp³-hybridized carbons (Fsp3) is 0.250. The summed E-state index contributed by atoms with van der Waals surface area (Å²) in [5, 5.41) is 21.1. The predicted octanol–water partition coefficient (Wildman–Crippen LogP) is -0.489. The summed E-state index contributed by atoms with van der Waals surface area (Å²) in [6.45, 7) is 1.47. The smallest absolute Gasteiger partial charge is 0.274 e. The molecule has 2 aromatic heterocycles. The van der Waals surface area contributed by atoms with Gasteiger partial charge < -0.3 is 15.5 Å². The molecule has 100 valence electrons. The molecule has 0 aliphatic carbocycles. The Morgan fingerprint density at radius 2 is 2.26 bits per heavy atom. The summed E-state index contributed by atoms with van der Waals surface area (Å²) < 4.78 is 1.16. The second-order valence-electron chi connectivity index (χ2n) is 4.10. The van der Waals surface area contributed by atoms with E-state index in [0.29, 0.717) is 0 Å². The number of carbonyl (C=O) groups excluding carboxylic acids is 1. The first-order valence-corrected chi connectivity index (χ1v) is 5.67. The van der Waals surface area contributed by atoms with E-state index < -0.39 is 29.0 Å². The molecule has 0 aromatic carbocycles. The Morgan fingerprint density at radius 1 is 1.53 bits per heavy atom. The van der Waals surface area contributed by atoms with Crippen LogP contribution in [0.5, 0.6) is 5.88 Å². The summed E-state index contributed by atoms with van der Waals surface area (Å²) in [5.41, 5.74) is -0.854. The second-order valence-corrected chi connectivity index (χ2v) is 4.10. The number of fused-ring (bicyclic) bond motifs is 1. The van der Waals surface area contributed by atoms with Gasteiger partial charge in [0.15, 0.2) is 5.56 Å². The van der Waals surface area contributed by atoms with Crippen LogP contribution in [0.4, 0.5) is 0 Å². The Morgan fingerprint density at radius 3 is 2.95 bits per heavy atom. The number of aromatic hydroxyl groups is 1. The van der Waals surface area contributed by atoms with Crippen LogP contribution < -0.4 is 10.9 Å². The lowest BCUT2D eigenvalue weighted by Crippen LogP contribution is -2.35. The number of hydrogen-bond donors (Lipinski definition) is 3. The number of nitrogens with one attached hydrogen (secondary N) is 1. The number of aliphatic hydroxyl groups is 1. The lowest BCUT2D eigenvalue weighted by atomic mass is 10.2. The fourth-order valence-electron chi connectivity index (χ4n) is 1.60. The highest BCUT2D eigenvalue weighted by Gasteiger charge is 2.19. The van der Waals surface area contributed by atoms with Gasteiger partial charge in [0.05, 0.1) is 6.10 Å². The molecular formula is C12H13N3O4. The summed E-state index contributed by atoms with van der Waals surface area (Å²) in [7, 11) is 0. The van der Waals surface area contributed by atoms with E-state index >= 15 is 0 Å². The zero-order chi connectivity index (χ0) is 14.0. The van der Waals surface area contributed by atoms with Crippen molar-refractivity contribution in [2.24, 2.45) is 0 Å². The highest BCUT2D eigenvalue weighted by atomic mass is 16.3. The minimum absolute atomic E-state index is 0.0186. The lowest BCUT2D eigenvalue weighted by molar-refractivity contribution is 0.0919. The maximum Gasteiger partial charge on any atom is 0.274 e. The number of aromatic nitrogens is 2. The third-order valence-corrected chi connectivity index (χ3v) is 2.50. The minimum Gasteiger partial charge on any atom is -0.493 e. The van der Waals surface area contributed by atoms with Crippen LogP contribution in [0.3, 0.4) is 0 Å².